The van der Waals surface area contributed by atoms with Crippen LogP contribution in [-0.2, 0) is 4.79 Å². The van der Waals surface area contributed by atoms with Gasteiger partial charge in [-0.05, 0) is 24.6 Å². The van der Waals surface area contributed by atoms with Crippen molar-refractivity contribution in [3.63, 3.8) is 0 Å². The van der Waals surface area contributed by atoms with Crippen LogP contribution in [0.15, 0.2) is 53.1 Å². The Bertz CT molecular complexity index is 1080. The molecule has 1 saturated carbocycles. The van der Waals surface area contributed by atoms with Crippen LogP contribution in [-0.4, -0.2) is 27.0 Å². The highest BCUT2D eigenvalue weighted by Gasteiger charge is 2.22. The number of hydrogen-bond acceptors (Lipinski definition) is 5. The summed E-state index contributed by atoms with van der Waals surface area (Å²) < 4.78 is 13.5. The van der Waals surface area contributed by atoms with Gasteiger partial charge < -0.3 is 9.15 Å². The monoisotopic (exact) mass is 347 g/mol. The van der Waals surface area contributed by atoms with Gasteiger partial charge in [-0.15, -0.1) is 5.10 Å². The van der Waals surface area contributed by atoms with Crippen LogP contribution in [0.2, 0.25) is 0 Å². The van der Waals surface area contributed by atoms with Gasteiger partial charge in [0.05, 0.1) is 12.8 Å². The minimum atomic E-state index is 0.289. The molecule has 6 heteroatoms. The number of hydrogen-bond donors (Lipinski definition) is 0. The van der Waals surface area contributed by atoms with Gasteiger partial charge in [0.25, 0.3) is 0 Å². The van der Waals surface area contributed by atoms with E-state index >= 15 is 0 Å². The fourth-order valence-corrected chi connectivity index (χ4v) is 3.45. The number of ketones is 1. The van der Waals surface area contributed by atoms with Crippen molar-refractivity contribution in [3.05, 3.63) is 48.7 Å². The number of imidazole rings is 1. The van der Waals surface area contributed by atoms with Gasteiger partial charge in [0, 0.05) is 30.2 Å². The van der Waals surface area contributed by atoms with Crippen LogP contribution in [0.5, 0.6) is 5.88 Å². The van der Waals surface area contributed by atoms with Crippen LogP contribution >= 0.6 is 0 Å². The lowest BCUT2D eigenvalue weighted by Crippen LogP contribution is -2.10. The molecule has 4 aromatic rings. The third-order valence-corrected chi connectivity index (χ3v) is 4.83. The van der Waals surface area contributed by atoms with E-state index in [4.69, 9.17) is 9.15 Å². The summed E-state index contributed by atoms with van der Waals surface area (Å²) in [7, 11) is 0. The molecule has 0 radical (unpaired) electrons. The number of nitrogens with zero attached hydrogens (tertiary/aromatic N) is 3. The highest BCUT2D eigenvalue weighted by molar-refractivity contribution is 5.82. The number of furan rings is 1. The molecular weight excluding hydrogens is 330 g/mol. The predicted molar refractivity (Wildman–Crippen MR) is 96.0 cm³/mol. The number of carbonyl (C=O) groups excluding carboxylic acids is 1. The summed E-state index contributed by atoms with van der Waals surface area (Å²) in [6, 6.07) is 13.5. The number of Topliss-reactive ketones (excluding diaryl/α,β-unsaturated/α-hetero) is 1. The summed E-state index contributed by atoms with van der Waals surface area (Å²) in [5, 5.41) is 5.59. The van der Waals surface area contributed by atoms with Gasteiger partial charge in [-0.2, -0.15) is 0 Å². The Morgan fingerprint density at radius 1 is 1.23 bits per heavy atom. The van der Waals surface area contributed by atoms with E-state index in [0.29, 0.717) is 36.9 Å². The van der Waals surface area contributed by atoms with Crippen molar-refractivity contribution >= 4 is 22.4 Å². The number of para-hydroxylation sites is 1. The summed E-state index contributed by atoms with van der Waals surface area (Å²) in [5.74, 6) is 1.85. The van der Waals surface area contributed by atoms with Crippen molar-refractivity contribution in [2.24, 2.45) is 5.92 Å². The van der Waals surface area contributed by atoms with E-state index in [9.17, 15) is 4.79 Å². The van der Waals surface area contributed by atoms with Crippen molar-refractivity contribution in [1.29, 1.82) is 0 Å². The number of rotatable bonds is 4. The molecule has 1 fully saturated rings. The van der Waals surface area contributed by atoms with Crippen LogP contribution in [0.25, 0.3) is 28.1 Å². The van der Waals surface area contributed by atoms with Crippen molar-refractivity contribution < 1.29 is 13.9 Å². The molecule has 1 aliphatic rings. The number of carbonyl (C=O) groups is 1. The Labute approximate surface area is 149 Å². The van der Waals surface area contributed by atoms with Crippen LogP contribution in [0.3, 0.4) is 0 Å². The molecule has 1 aromatic carbocycles. The van der Waals surface area contributed by atoms with Crippen molar-refractivity contribution in [3.8, 4) is 17.3 Å². The minimum Gasteiger partial charge on any atom is -0.476 e. The molecule has 1 atom stereocenters. The van der Waals surface area contributed by atoms with E-state index < -0.39 is 0 Å². The first-order valence-electron chi connectivity index (χ1n) is 8.74. The summed E-state index contributed by atoms with van der Waals surface area (Å²) in [6.45, 7) is 0.513. The lowest BCUT2D eigenvalue weighted by Gasteiger charge is -2.10. The first-order valence-corrected chi connectivity index (χ1v) is 8.74. The van der Waals surface area contributed by atoms with E-state index in [2.05, 4.69) is 10.1 Å². The van der Waals surface area contributed by atoms with Gasteiger partial charge in [-0.25, -0.2) is 9.50 Å². The highest BCUT2D eigenvalue weighted by atomic mass is 16.5. The van der Waals surface area contributed by atoms with Gasteiger partial charge >= 0.3 is 0 Å². The quantitative estimate of drug-likeness (QED) is 0.560. The Morgan fingerprint density at radius 3 is 3.00 bits per heavy atom. The molecule has 3 aromatic heterocycles. The van der Waals surface area contributed by atoms with Gasteiger partial charge in [0.2, 0.25) is 5.88 Å². The summed E-state index contributed by atoms with van der Waals surface area (Å²) in [5.41, 5.74) is 2.33. The topological polar surface area (TPSA) is 69.6 Å². The number of ether oxygens (including phenoxy) is 1. The Hall–Kier alpha value is -3.15. The van der Waals surface area contributed by atoms with Crippen LogP contribution in [0, 0.1) is 5.92 Å². The Morgan fingerprint density at radius 2 is 2.15 bits per heavy atom. The van der Waals surface area contributed by atoms with Gasteiger partial charge in [-0.1, -0.05) is 18.2 Å². The Kier molecular flexibility index (Phi) is 3.48. The fourth-order valence-electron chi connectivity index (χ4n) is 3.45. The first-order chi connectivity index (χ1) is 12.8. The molecule has 130 valence electrons. The van der Waals surface area contributed by atoms with Gasteiger partial charge in [-0.3, -0.25) is 4.79 Å². The predicted octanol–water partition coefficient (Wildman–Crippen LogP) is 3.89. The average molecular weight is 347 g/mol. The second-order valence-corrected chi connectivity index (χ2v) is 6.69. The Balaban J connectivity index is 1.46. The number of benzene rings is 1. The van der Waals surface area contributed by atoms with Crippen LogP contribution < -0.4 is 4.74 Å². The standard InChI is InChI=1S/C20H17N3O3/c24-15-6-5-13(9-15)12-25-20-8-7-19-21-11-16(23(19)22-20)18-10-14-3-1-2-4-17(14)26-18/h1-4,7-8,10-11,13H,5-6,9,12H2/t13-/m0/s1. The maximum absolute atomic E-state index is 11.4. The molecule has 0 amide bonds. The highest BCUT2D eigenvalue weighted by Crippen LogP contribution is 2.28. The van der Waals surface area contributed by atoms with E-state index in [1.165, 1.54) is 0 Å². The van der Waals surface area contributed by atoms with Gasteiger partial charge in [0.1, 0.15) is 17.1 Å². The smallest absolute Gasteiger partial charge is 0.231 e. The molecule has 26 heavy (non-hydrogen) atoms. The lowest BCUT2D eigenvalue weighted by molar-refractivity contribution is -0.117. The third kappa shape index (κ3) is 2.63. The second kappa shape index (κ2) is 5.98. The minimum absolute atomic E-state index is 0.289. The fraction of sp³-hybridized carbons (Fsp3) is 0.250. The molecule has 1 aliphatic carbocycles. The van der Waals surface area contributed by atoms with Crippen LogP contribution in [0.1, 0.15) is 19.3 Å². The zero-order chi connectivity index (χ0) is 17.5. The number of fused-ring (bicyclic) bond motifs is 2. The molecule has 0 bridgehead atoms. The van der Waals surface area contributed by atoms with E-state index in [1.54, 1.807) is 10.7 Å². The van der Waals surface area contributed by atoms with Crippen LogP contribution in [0.4, 0.5) is 0 Å². The normalized spacial score (nSPS) is 17.4. The molecule has 0 spiro atoms. The molecular formula is C20H17N3O3. The van der Waals surface area contributed by atoms with Crippen molar-refractivity contribution in [2.45, 2.75) is 19.3 Å². The third-order valence-electron chi connectivity index (χ3n) is 4.83. The zero-order valence-electron chi connectivity index (χ0n) is 14.1. The average Bonchev–Trinajstić information content (AvgIpc) is 3.36. The van der Waals surface area contributed by atoms with E-state index in [-0.39, 0.29) is 5.92 Å². The number of aromatic nitrogens is 3. The summed E-state index contributed by atoms with van der Waals surface area (Å²) >= 11 is 0. The molecule has 6 nitrogen and oxygen atoms in total. The van der Waals surface area contributed by atoms with Crippen molar-refractivity contribution in [2.75, 3.05) is 6.61 Å². The molecule has 5 rings (SSSR count). The lowest BCUT2D eigenvalue weighted by atomic mass is 10.1. The molecule has 0 saturated heterocycles. The summed E-state index contributed by atoms with van der Waals surface area (Å²) in [6.07, 6.45) is 3.92. The largest absolute Gasteiger partial charge is 0.476 e. The molecule has 0 unspecified atom stereocenters. The molecule has 3 heterocycles. The molecule has 0 aliphatic heterocycles. The summed E-state index contributed by atoms with van der Waals surface area (Å²) in [4.78, 5) is 15.8. The van der Waals surface area contributed by atoms with E-state index in [0.717, 1.165) is 28.7 Å². The van der Waals surface area contributed by atoms with Gasteiger partial charge in [0.15, 0.2) is 11.4 Å². The van der Waals surface area contributed by atoms with E-state index in [1.807, 2.05) is 42.5 Å². The molecule has 0 N–H and O–H groups in total. The SMILES string of the molecule is O=C1CC[C@H](COc2ccc3ncc(-c4cc5ccccc5o4)n3n2)C1. The maximum Gasteiger partial charge on any atom is 0.231 e. The zero-order valence-corrected chi connectivity index (χ0v) is 14.1. The second-order valence-electron chi connectivity index (χ2n) is 6.69. The van der Waals surface area contributed by atoms with Crippen molar-refractivity contribution in [1.82, 2.24) is 14.6 Å². The maximum atomic E-state index is 11.4. The first kappa shape index (κ1) is 15.1.